The van der Waals surface area contributed by atoms with Crippen LogP contribution in [0.1, 0.15) is 77.0 Å². The Bertz CT molecular complexity index is 2970. The van der Waals surface area contributed by atoms with E-state index in [1.807, 2.05) is 73.8 Å². The molecule has 2 fully saturated rings. The molecule has 0 bridgehead atoms. The first-order valence-electron chi connectivity index (χ1n) is 24.0. The summed E-state index contributed by atoms with van der Waals surface area (Å²) in [5.74, 6) is -1.72. The van der Waals surface area contributed by atoms with E-state index in [2.05, 4.69) is 35.7 Å². The van der Waals surface area contributed by atoms with Gasteiger partial charge in [0.15, 0.2) is 23.0 Å². The SMILES string of the molecule is CNCc1cccc(-c2cc(O)cc3ccc(CC(=O)OC4CC(OC(C)=O)C5Cc6cc(OC)c(O)cc6C6CC(O)C7Cc8cc(O)c(OC)cc8C(C4)C7C65C=Cc4ccccc4)cc23)c1. The molecule has 0 amide bonds. The highest BCUT2D eigenvalue weighted by Gasteiger charge is 2.65. The quantitative estimate of drug-likeness (QED) is 0.0787. The molecule has 0 aliphatic heterocycles. The maximum absolute atomic E-state index is 14.6. The molecule has 6 aromatic carbocycles. The third-order valence-corrected chi connectivity index (χ3v) is 15.7. The number of carbonyl (C=O) groups is 2. The lowest BCUT2D eigenvalue weighted by molar-refractivity contribution is -0.175. The zero-order chi connectivity index (χ0) is 48.1. The number of aliphatic hydroxyl groups is 1. The van der Waals surface area contributed by atoms with E-state index in [4.69, 9.17) is 18.9 Å². The number of carbonyl (C=O) groups excluding carboxylic acids is 2. The van der Waals surface area contributed by atoms with Crippen LogP contribution in [0.15, 0.2) is 115 Å². The number of phenolic OH excluding ortho intramolecular Hbond substituents is 3. The molecule has 9 atom stereocenters. The molecular weight excluding hydrogens is 871 g/mol. The van der Waals surface area contributed by atoms with Gasteiger partial charge in [-0.15, -0.1) is 0 Å². The molecule has 10 rings (SSSR count). The van der Waals surface area contributed by atoms with Crippen LogP contribution in [-0.2, 0) is 44.9 Å². The van der Waals surface area contributed by atoms with E-state index in [0.717, 1.165) is 60.8 Å². The summed E-state index contributed by atoms with van der Waals surface area (Å²) in [6.07, 6.45) is 4.01. The van der Waals surface area contributed by atoms with Crippen molar-refractivity contribution in [1.29, 1.82) is 0 Å². The Labute approximate surface area is 402 Å². The van der Waals surface area contributed by atoms with Crippen molar-refractivity contribution >= 4 is 28.8 Å². The first kappa shape index (κ1) is 45.9. The molecule has 356 valence electrons. The predicted octanol–water partition coefficient (Wildman–Crippen LogP) is 9.53. The van der Waals surface area contributed by atoms with Crippen LogP contribution in [0.3, 0.4) is 0 Å². The summed E-state index contributed by atoms with van der Waals surface area (Å²) in [5, 5.41) is 50.8. The zero-order valence-electron chi connectivity index (χ0n) is 39.4. The van der Waals surface area contributed by atoms with Crippen molar-refractivity contribution in [3.63, 3.8) is 0 Å². The van der Waals surface area contributed by atoms with E-state index in [9.17, 15) is 30.0 Å². The number of allylic oxidation sites excluding steroid dienone is 1. The lowest BCUT2D eigenvalue weighted by Gasteiger charge is -2.64. The number of rotatable bonds is 11. The fourth-order valence-electron chi connectivity index (χ4n) is 13.0. The maximum Gasteiger partial charge on any atom is 0.310 e. The van der Waals surface area contributed by atoms with Crippen LogP contribution >= 0.6 is 0 Å². The Morgan fingerprint density at radius 2 is 1.54 bits per heavy atom. The van der Waals surface area contributed by atoms with E-state index in [1.54, 1.807) is 24.3 Å². The highest BCUT2D eigenvalue weighted by Crippen LogP contribution is 2.69. The molecule has 69 heavy (non-hydrogen) atoms. The summed E-state index contributed by atoms with van der Waals surface area (Å²) in [7, 11) is 4.94. The second-order valence-corrected chi connectivity index (χ2v) is 19.5. The number of fused-ring (bicyclic) bond motifs is 5. The van der Waals surface area contributed by atoms with Gasteiger partial charge in [0.1, 0.15) is 18.0 Å². The highest BCUT2D eigenvalue weighted by molar-refractivity contribution is 5.98. The minimum atomic E-state index is -0.785. The summed E-state index contributed by atoms with van der Waals surface area (Å²) in [4.78, 5) is 28.0. The van der Waals surface area contributed by atoms with E-state index in [1.165, 1.54) is 21.1 Å². The van der Waals surface area contributed by atoms with Crippen molar-refractivity contribution in [1.82, 2.24) is 5.32 Å². The normalized spacial score (nSPS) is 25.6. The van der Waals surface area contributed by atoms with Crippen molar-refractivity contribution in [2.24, 2.45) is 23.2 Å². The minimum absolute atomic E-state index is 0.00752. The first-order chi connectivity index (χ1) is 33.4. The molecule has 11 nitrogen and oxygen atoms in total. The number of hydrogen-bond donors (Lipinski definition) is 5. The number of nitrogens with one attached hydrogen (secondary N) is 1. The number of hydrogen-bond acceptors (Lipinski definition) is 11. The van der Waals surface area contributed by atoms with Gasteiger partial charge in [-0.25, -0.2) is 0 Å². The molecule has 0 radical (unpaired) electrons. The van der Waals surface area contributed by atoms with Gasteiger partial charge in [0, 0.05) is 31.2 Å². The molecule has 4 aliphatic carbocycles. The Hall–Kier alpha value is -6.82. The second kappa shape index (κ2) is 18.6. The van der Waals surface area contributed by atoms with Crippen LogP contribution in [0.25, 0.3) is 28.0 Å². The Morgan fingerprint density at radius 1 is 0.768 bits per heavy atom. The number of aliphatic hydroxyl groups excluding tert-OH is 1. The molecule has 2 saturated carbocycles. The van der Waals surface area contributed by atoms with E-state index >= 15 is 0 Å². The van der Waals surface area contributed by atoms with E-state index < -0.39 is 35.7 Å². The summed E-state index contributed by atoms with van der Waals surface area (Å²) in [5.41, 5.74) is 7.53. The average Bonchev–Trinajstić information content (AvgIpc) is 3.32. The summed E-state index contributed by atoms with van der Waals surface area (Å²) in [6.45, 7) is 2.10. The average molecular weight is 930 g/mol. The van der Waals surface area contributed by atoms with Crippen LogP contribution in [0, 0.1) is 23.2 Å². The van der Waals surface area contributed by atoms with Gasteiger partial charge in [-0.05, 0) is 166 Å². The van der Waals surface area contributed by atoms with Crippen molar-refractivity contribution < 1.29 is 49.0 Å². The lowest BCUT2D eigenvalue weighted by atomic mass is 9.40. The molecule has 5 N–H and O–H groups in total. The number of aromatic hydroxyl groups is 3. The van der Waals surface area contributed by atoms with Crippen molar-refractivity contribution in [2.45, 2.75) is 82.1 Å². The molecule has 6 aromatic rings. The molecule has 0 heterocycles. The van der Waals surface area contributed by atoms with Gasteiger partial charge in [-0.1, -0.05) is 72.8 Å². The first-order valence-corrected chi connectivity index (χ1v) is 24.0. The molecule has 0 aromatic heterocycles. The molecule has 4 aliphatic rings. The minimum Gasteiger partial charge on any atom is -0.508 e. The van der Waals surface area contributed by atoms with E-state index in [0.29, 0.717) is 43.7 Å². The fraction of sp³-hybridized carbons (Fsp3) is 0.345. The fourth-order valence-corrected chi connectivity index (χ4v) is 13.0. The predicted molar refractivity (Wildman–Crippen MR) is 263 cm³/mol. The van der Waals surface area contributed by atoms with Crippen LogP contribution in [0.2, 0.25) is 0 Å². The zero-order valence-corrected chi connectivity index (χ0v) is 39.4. The monoisotopic (exact) mass is 929 g/mol. The number of methoxy groups -OCH3 is 2. The van der Waals surface area contributed by atoms with Crippen molar-refractivity contribution in [3.05, 3.63) is 154 Å². The van der Waals surface area contributed by atoms with Gasteiger partial charge >= 0.3 is 11.9 Å². The van der Waals surface area contributed by atoms with E-state index in [-0.39, 0.29) is 59.7 Å². The second-order valence-electron chi connectivity index (χ2n) is 19.5. The molecule has 0 spiro atoms. The molecular formula is C58H59NO10. The van der Waals surface area contributed by atoms with Crippen molar-refractivity contribution in [3.8, 4) is 39.9 Å². The highest BCUT2D eigenvalue weighted by atomic mass is 16.6. The number of esters is 2. The molecule has 11 heteroatoms. The Morgan fingerprint density at radius 3 is 2.30 bits per heavy atom. The maximum atomic E-state index is 14.6. The topological polar surface area (TPSA) is 164 Å². The molecule has 9 unspecified atom stereocenters. The third-order valence-electron chi connectivity index (χ3n) is 15.7. The van der Waals surface area contributed by atoms with Crippen molar-refractivity contribution in [2.75, 3.05) is 21.3 Å². The molecule has 0 saturated heterocycles. The Kier molecular flexibility index (Phi) is 12.4. The van der Waals surface area contributed by atoms with Gasteiger partial charge in [-0.2, -0.15) is 0 Å². The number of ether oxygens (including phenoxy) is 4. The largest absolute Gasteiger partial charge is 0.508 e. The van der Waals surface area contributed by atoms with Crippen LogP contribution in [-0.4, -0.2) is 71.9 Å². The van der Waals surface area contributed by atoms with Gasteiger partial charge in [0.2, 0.25) is 0 Å². The summed E-state index contributed by atoms with van der Waals surface area (Å²) < 4.78 is 24.5. The lowest BCUT2D eigenvalue weighted by Crippen LogP contribution is -2.62. The van der Waals surface area contributed by atoms with Crippen LogP contribution in [0.5, 0.6) is 28.7 Å². The van der Waals surface area contributed by atoms with Gasteiger partial charge in [0.25, 0.3) is 0 Å². The van der Waals surface area contributed by atoms with Crippen LogP contribution < -0.4 is 14.8 Å². The third kappa shape index (κ3) is 8.46. The van der Waals surface area contributed by atoms with Gasteiger partial charge in [-0.3, -0.25) is 9.59 Å². The smallest absolute Gasteiger partial charge is 0.310 e. The van der Waals surface area contributed by atoms with Gasteiger partial charge in [0.05, 0.1) is 26.7 Å². The Balaban J connectivity index is 1.10. The number of benzene rings is 6. The summed E-state index contributed by atoms with van der Waals surface area (Å²) in [6, 6.07) is 34.8. The summed E-state index contributed by atoms with van der Waals surface area (Å²) >= 11 is 0. The number of phenols is 3. The standard InChI is InChI=1S/C58H59NO10/c1-32(60)68-53-27-41(69-56(65)19-34-13-14-37-20-40(61)25-43(42(37)18-34)36-12-8-11-35(17-36)31-59-2)26-46-44-29-55(67-4)51(63)23-38(44)21-47-50(62)30-48-45-28-52(64)54(66-3)24-39(45)22-49(53)58(48,57(46)47)16-15-33-9-6-5-7-10-33/h5-18,20,23-25,28-29,41,46-50,53,57,59,61-64H,19,21-22,26-27,30-31H2,1-4H3. The van der Waals surface area contributed by atoms with Crippen LogP contribution in [0.4, 0.5) is 0 Å². The van der Waals surface area contributed by atoms with Gasteiger partial charge < -0.3 is 44.7 Å².